The second-order valence-electron chi connectivity index (χ2n) is 5.04. The van der Waals surface area contributed by atoms with E-state index in [-0.39, 0.29) is 4.90 Å². The topological polar surface area (TPSA) is 69.8 Å². The zero-order valence-electron chi connectivity index (χ0n) is 10.8. The summed E-state index contributed by atoms with van der Waals surface area (Å²) < 4.78 is 25.9. The Morgan fingerprint density at radius 1 is 1.35 bits per heavy atom. The van der Waals surface area contributed by atoms with Crippen LogP contribution in [0.5, 0.6) is 0 Å². The number of aromatic nitrogens is 4. The van der Waals surface area contributed by atoms with Crippen LogP contribution in [0.1, 0.15) is 37.4 Å². The van der Waals surface area contributed by atoms with E-state index in [1.807, 2.05) is 16.9 Å². The smallest absolute Gasteiger partial charge is 0.264 e. The lowest BCUT2D eigenvalue weighted by Crippen LogP contribution is -2.07. The van der Waals surface area contributed by atoms with Gasteiger partial charge in [0.2, 0.25) is 0 Å². The fraction of sp³-hybridized carbons (Fsp3) is 0.500. The third-order valence-corrected chi connectivity index (χ3v) is 4.89. The van der Waals surface area contributed by atoms with E-state index in [2.05, 4.69) is 10.2 Å². The summed E-state index contributed by atoms with van der Waals surface area (Å²) in [5, 5.41) is 8.52. The minimum absolute atomic E-state index is 0.00870. The molecule has 0 unspecified atom stereocenters. The van der Waals surface area contributed by atoms with Crippen LogP contribution in [0.2, 0.25) is 0 Å². The van der Waals surface area contributed by atoms with Gasteiger partial charge < -0.3 is 0 Å². The summed E-state index contributed by atoms with van der Waals surface area (Å²) in [5.41, 5.74) is 0.860. The van der Waals surface area contributed by atoms with Crippen LogP contribution in [-0.2, 0) is 15.6 Å². The average molecular weight is 315 g/mol. The van der Waals surface area contributed by atoms with E-state index in [4.69, 9.17) is 10.7 Å². The van der Waals surface area contributed by atoms with Crippen LogP contribution in [0.4, 0.5) is 0 Å². The van der Waals surface area contributed by atoms with Crippen molar-refractivity contribution in [1.29, 1.82) is 0 Å². The van der Waals surface area contributed by atoms with Gasteiger partial charge in [-0.15, -0.1) is 0 Å². The van der Waals surface area contributed by atoms with Crippen molar-refractivity contribution in [1.82, 2.24) is 19.6 Å². The number of halogens is 1. The van der Waals surface area contributed by atoms with Gasteiger partial charge in [-0.25, -0.2) is 8.42 Å². The molecule has 0 amide bonds. The number of hydrogen-bond acceptors (Lipinski definition) is 4. The number of hydrogen-bond donors (Lipinski definition) is 0. The van der Waals surface area contributed by atoms with E-state index in [0.717, 1.165) is 5.69 Å². The first-order valence-corrected chi connectivity index (χ1v) is 8.84. The van der Waals surface area contributed by atoms with Gasteiger partial charge in [0.05, 0.1) is 24.5 Å². The van der Waals surface area contributed by atoms with E-state index in [0.29, 0.717) is 12.6 Å². The minimum Gasteiger partial charge on any atom is -0.269 e. The molecular weight excluding hydrogens is 300 g/mol. The largest absolute Gasteiger partial charge is 0.269 e. The molecule has 0 aromatic carbocycles. The van der Waals surface area contributed by atoms with Crippen LogP contribution >= 0.6 is 10.7 Å². The van der Waals surface area contributed by atoms with Gasteiger partial charge in [0.1, 0.15) is 4.90 Å². The summed E-state index contributed by atoms with van der Waals surface area (Å²) in [6, 6.07) is 2.44. The summed E-state index contributed by atoms with van der Waals surface area (Å²) >= 11 is 0. The molecule has 0 radical (unpaired) electrons. The predicted octanol–water partition coefficient (Wildman–Crippen LogP) is 2.17. The second-order valence-corrected chi connectivity index (χ2v) is 7.60. The summed E-state index contributed by atoms with van der Waals surface area (Å²) in [6.45, 7) is 0.437. The standard InChI is InChI=1S/C12H15ClN4O2S/c13-20(18,19)12-7-14-16(9-12)8-10-5-6-17(15-10)11-3-1-2-4-11/h5-7,9,11H,1-4,8H2. The Morgan fingerprint density at radius 3 is 2.75 bits per heavy atom. The number of nitrogens with zero attached hydrogens (tertiary/aromatic N) is 4. The Labute approximate surface area is 121 Å². The van der Waals surface area contributed by atoms with Crippen molar-refractivity contribution in [2.75, 3.05) is 0 Å². The zero-order valence-corrected chi connectivity index (χ0v) is 12.4. The molecule has 0 spiro atoms. The van der Waals surface area contributed by atoms with Gasteiger partial charge in [-0.2, -0.15) is 10.2 Å². The average Bonchev–Trinajstić information content (AvgIpc) is 3.08. The molecular formula is C12H15ClN4O2S. The number of rotatable bonds is 4. The fourth-order valence-corrected chi connectivity index (χ4v) is 3.22. The van der Waals surface area contributed by atoms with Gasteiger partial charge in [-0.3, -0.25) is 9.36 Å². The molecule has 1 saturated carbocycles. The van der Waals surface area contributed by atoms with Crippen molar-refractivity contribution < 1.29 is 8.42 Å². The third kappa shape index (κ3) is 2.88. The van der Waals surface area contributed by atoms with Crippen LogP contribution in [0.25, 0.3) is 0 Å². The molecule has 8 heteroatoms. The van der Waals surface area contributed by atoms with Crippen LogP contribution < -0.4 is 0 Å². The minimum atomic E-state index is -3.72. The summed E-state index contributed by atoms with van der Waals surface area (Å²) in [7, 11) is 1.55. The first kappa shape index (κ1) is 13.6. The maximum Gasteiger partial charge on any atom is 0.264 e. The molecule has 1 fully saturated rings. The molecule has 108 valence electrons. The fourth-order valence-electron chi connectivity index (χ4n) is 2.56. The van der Waals surface area contributed by atoms with Gasteiger partial charge in [0.15, 0.2) is 0 Å². The highest BCUT2D eigenvalue weighted by atomic mass is 35.7. The highest BCUT2D eigenvalue weighted by Gasteiger charge is 2.18. The Morgan fingerprint density at radius 2 is 2.10 bits per heavy atom. The van der Waals surface area contributed by atoms with Crippen LogP contribution in [0.15, 0.2) is 29.6 Å². The van der Waals surface area contributed by atoms with E-state index in [9.17, 15) is 8.42 Å². The SMILES string of the molecule is O=S(=O)(Cl)c1cnn(Cc2ccn(C3CCCC3)n2)c1. The third-order valence-electron chi connectivity index (χ3n) is 3.58. The molecule has 2 aromatic rings. The summed E-state index contributed by atoms with van der Waals surface area (Å²) in [5.74, 6) is 0. The lowest BCUT2D eigenvalue weighted by atomic mass is 10.3. The Balaban J connectivity index is 1.73. The van der Waals surface area contributed by atoms with Gasteiger partial charge >= 0.3 is 0 Å². The van der Waals surface area contributed by atoms with Crippen molar-refractivity contribution in [2.24, 2.45) is 0 Å². The predicted molar refractivity (Wildman–Crippen MR) is 74.1 cm³/mol. The summed E-state index contributed by atoms with van der Waals surface area (Å²) in [4.78, 5) is 0.00870. The maximum absolute atomic E-state index is 11.2. The maximum atomic E-state index is 11.2. The first-order valence-electron chi connectivity index (χ1n) is 6.53. The molecule has 3 rings (SSSR count). The van der Waals surface area contributed by atoms with Gasteiger partial charge in [-0.05, 0) is 18.9 Å². The van der Waals surface area contributed by atoms with Crippen LogP contribution in [0, 0.1) is 0 Å². The molecule has 1 aliphatic carbocycles. The molecule has 20 heavy (non-hydrogen) atoms. The molecule has 6 nitrogen and oxygen atoms in total. The van der Waals surface area contributed by atoms with Crippen LogP contribution in [-0.4, -0.2) is 28.0 Å². The molecule has 0 bridgehead atoms. The monoisotopic (exact) mass is 314 g/mol. The summed E-state index contributed by atoms with van der Waals surface area (Å²) in [6.07, 6.45) is 9.52. The zero-order chi connectivity index (χ0) is 14.2. The van der Waals surface area contributed by atoms with Gasteiger partial charge in [0, 0.05) is 23.1 Å². The van der Waals surface area contributed by atoms with E-state index in [1.54, 1.807) is 0 Å². The molecule has 1 aliphatic rings. The first-order chi connectivity index (χ1) is 9.52. The normalized spacial score (nSPS) is 16.9. The quantitative estimate of drug-likeness (QED) is 0.811. The van der Waals surface area contributed by atoms with E-state index in [1.165, 1.54) is 42.8 Å². The Bertz CT molecular complexity index is 701. The van der Waals surface area contributed by atoms with E-state index >= 15 is 0 Å². The van der Waals surface area contributed by atoms with Crippen molar-refractivity contribution >= 4 is 19.7 Å². The molecule has 0 saturated heterocycles. The Kier molecular flexibility index (Phi) is 3.55. The van der Waals surface area contributed by atoms with Crippen LogP contribution in [0.3, 0.4) is 0 Å². The highest BCUT2D eigenvalue weighted by molar-refractivity contribution is 8.13. The molecule has 0 N–H and O–H groups in total. The van der Waals surface area contributed by atoms with Crippen molar-refractivity contribution in [3.05, 3.63) is 30.4 Å². The second kappa shape index (κ2) is 5.21. The molecule has 2 heterocycles. The lowest BCUT2D eigenvalue weighted by molar-refractivity contribution is 0.460. The van der Waals surface area contributed by atoms with Gasteiger partial charge in [0.25, 0.3) is 9.05 Å². The van der Waals surface area contributed by atoms with Crippen molar-refractivity contribution in [2.45, 2.75) is 43.2 Å². The molecule has 2 aromatic heterocycles. The lowest BCUT2D eigenvalue weighted by Gasteiger charge is -2.08. The van der Waals surface area contributed by atoms with E-state index < -0.39 is 9.05 Å². The highest BCUT2D eigenvalue weighted by Crippen LogP contribution is 2.28. The van der Waals surface area contributed by atoms with Gasteiger partial charge in [-0.1, -0.05) is 12.8 Å². The molecule has 0 aliphatic heterocycles. The van der Waals surface area contributed by atoms with Crippen molar-refractivity contribution in [3.63, 3.8) is 0 Å². The molecule has 0 atom stereocenters. The Hall–Kier alpha value is -1.34. The van der Waals surface area contributed by atoms with Crippen molar-refractivity contribution in [3.8, 4) is 0 Å².